The van der Waals surface area contributed by atoms with E-state index in [2.05, 4.69) is 15.4 Å². The molecule has 1 saturated heterocycles. The van der Waals surface area contributed by atoms with E-state index in [9.17, 15) is 41.9 Å². The van der Waals surface area contributed by atoms with Crippen LogP contribution in [0.25, 0.3) is 0 Å². The van der Waals surface area contributed by atoms with Gasteiger partial charge in [-0.1, -0.05) is 37.1 Å². The predicted octanol–water partition coefficient (Wildman–Crippen LogP) is 1.90. The van der Waals surface area contributed by atoms with Crippen LogP contribution >= 0.6 is 0 Å². The topological polar surface area (TPSA) is 192 Å². The van der Waals surface area contributed by atoms with Gasteiger partial charge in [0.1, 0.15) is 29.5 Å². The summed E-state index contributed by atoms with van der Waals surface area (Å²) < 4.78 is 47.8. The Balaban J connectivity index is 1.25. The van der Waals surface area contributed by atoms with Crippen LogP contribution in [0.4, 0.5) is 9.18 Å². The number of carbonyl (C=O) groups is 5. The van der Waals surface area contributed by atoms with Gasteiger partial charge in [-0.05, 0) is 64.0 Å². The second-order valence-corrected chi connectivity index (χ2v) is 17.1. The van der Waals surface area contributed by atoms with E-state index >= 15 is 0 Å². The summed E-state index contributed by atoms with van der Waals surface area (Å²) in [6.45, 7) is 2.85. The van der Waals surface area contributed by atoms with Gasteiger partial charge in [0, 0.05) is 24.4 Å². The Bertz CT molecular complexity index is 1730. The standard InChI is InChI=1S/C35H46FN5O9S/c1-34(2,47)17-29(42)37-27-12-7-5-3-4-6-10-22-16-35(22,32(45)39-51(48,49)24-13-14-24)38-30(43)28-15-23(19-41(28)31(27)44)50-33(46)40-18-21-9-8-11-26(36)25(21)20-40/h6,8-11,22-24,27-28,47H,3-5,7,12-20H2,1-2H3,(H,37,42)(H,38,43)(H,39,45)/t22-,23-,27+,28+,35-/m1/s1. The third-order valence-electron chi connectivity index (χ3n) is 10.2. The first kappa shape index (κ1) is 36.7. The molecule has 4 N–H and O–H groups in total. The van der Waals surface area contributed by atoms with Gasteiger partial charge in [-0.3, -0.25) is 28.8 Å². The molecule has 5 atom stereocenters. The first-order valence-electron chi connectivity index (χ1n) is 17.6. The number of sulfonamides is 1. The molecule has 2 aliphatic carbocycles. The number of carbonyl (C=O) groups excluding carboxylic acids is 5. The first-order valence-corrected chi connectivity index (χ1v) is 19.2. The number of ether oxygens (including phenoxy) is 1. The minimum Gasteiger partial charge on any atom is -0.444 e. The molecule has 6 rings (SSSR count). The van der Waals surface area contributed by atoms with Gasteiger partial charge in [-0.25, -0.2) is 17.6 Å². The van der Waals surface area contributed by atoms with Crippen molar-refractivity contribution in [2.75, 3.05) is 6.54 Å². The van der Waals surface area contributed by atoms with Crippen LogP contribution in [0.2, 0.25) is 0 Å². The number of nitrogens with one attached hydrogen (secondary N) is 3. The Labute approximate surface area is 296 Å². The van der Waals surface area contributed by atoms with Gasteiger partial charge in [-0.2, -0.15) is 0 Å². The highest BCUT2D eigenvalue weighted by atomic mass is 32.2. The minimum absolute atomic E-state index is 0.00820. The monoisotopic (exact) mass is 731 g/mol. The molecule has 3 heterocycles. The van der Waals surface area contributed by atoms with E-state index in [0.29, 0.717) is 43.2 Å². The molecule has 14 nitrogen and oxygen atoms in total. The number of hydrogen-bond donors (Lipinski definition) is 4. The van der Waals surface area contributed by atoms with Crippen molar-refractivity contribution in [1.82, 2.24) is 25.2 Å². The van der Waals surface area contributed by atoms with Gasteiger partial charge in [-0.15, -0.1) is 0 Å². The van der Waals surface area contributed by atoms with E-state index in [1.807, 2.05) is 12.2 Å². The molecule has 1 aromatic carbocycles. The summed E-state index contributed by atoms with van der Waals surface area (Å²) in [4.78, 5) is 70.8. The van der Waals surface area contributed by atoms with Crippen molar-refractivity contribution in [3.63, 3.8) is 0 Å². The summed E-state index contributed by atoms with van der Waals surface area (Å²) in [5.41, 5.74) is -1.88. The Morgan fingerprint density at radius 1 is 1.12 bits per heavy atom. The zero-order valence-electron chi connectivity index (χ0n) is 28.9. The zero-order chi connectivity index (χ0) is 36.7. The molecule has 5 amide bonds. The normalized spacial score (nSPS) is 28.4. The summed E-state index contributed by atoms with van der Waals surface area (Å²) in [7, 11) is -3.92. The van der Waals surface area contributed by atoms with Gasteiger partial charge < -0.3 is 25.4 Å². The molecular formula is C35H46FN5O9S. The number of aliphatic hydroxyl groups is 1. The second-order valence-electron chi connectivity index (χ2n) is 15.1. The highest BCUT2D eigenvalue weighted by Crippen LogP contribution is 2.46. The van der Waals surface area contributed by atoms with E-state index in [4.69, 9.17) is 4.74 Å². The largest absolute Gasteiger partial charge is 0.444 e. The van der Waals surface area contributed by atoms with Crippen molar-refractivity contribution in [2.45, 2.75) is 126 Å². The summed E-state index contributed by atoms with van der Waals surface area (Å²) in [6, 6.07) is 2.29. The van der Waals surface area contributed by atoms with Crippen LogP contribution in [0, 0.1) is 11.7 Å². The SMILES string of the molecule is CC(C)(O)CC(=O)N[C@H]1CCCCCC=C[C@@H]2C[C@@]2(C(=O)NS(=O)(=O)C2CC2)NC(=O)[C@@H]2C[C@@H](OC(=O)N3Cc4cccc(F)c4C3)CN2C1=O. The van der Waals surface area contributed by atoms with Crippen LogP contribution in [-0.4, -0.2) is 94.2 Å². The molecule has 0 radical (unpaired) electrons. The van der Waals surface area contributed by atoms with Crippen molar-refractivity contribution in [3.8, 4) is 0 Å². The zero-order valence-corrected chi connectivity index (χ0v) is 29.7. The third-order valence-corrected chi connectivity index (χ3v) is 12.0. The third kappa shape index (κ3) is 8.37. The minimum atomic E-state index is -3.92. The van der Waals surface area contributed by atoms with E-state index in [0.717, 1.165) is 6.42 Å². The average molecular weight is 732 g/mol. The number of hydrogen-bond acceptors (Lipinski definition) is 9. The van der Waals surface area contributed by atoms with Gasteiger partial charge in [0.25, 0.3) is 5.91 Å². The van der Waals surface area contributed by atoms with Crippen LogP contribution in [0.3, 0.4) is 0 Å². The molecule has 0 unspecified atom stereocenters. The summed E-state index contributed by atoms with van der Waals surface area (Å²) in [5, 5.41) is 15.1. The number of allylic oxidation sites excluding steroid dienone is 1. The summed E-state index contributed by atoms with van der Waals surface area (Å²) in [5.74, 6) is -3.65. The fraction of sp³-hybridized carbons (Fsp3) is 0.629. The van der Waals surface area contributed by atoms with Crippen molar-refractivity contribution < 1.29 is 46.6 Å². The Kier molecular flexibility index (Phi) is 10.2. The lowest BCUT2D eigenvalue weighted by atomic mass is 10.0. The Morgan fingerprint density at radius 3 is 2.59 bits per heavy atom. The molecule has 0 bridgehead atoms. The molecule has 0 spiro atoms. The Hall–Kier alpha value is -4.05. The van der Waals surface area contributed by atoms with Gasteiger partial charge in [0.15, 0.2) is 0 Å². The van der Waals surface area contributed by atoms with E-state index < -0.39 is 86.1 Å². The second kappa shape index (κ2) is 14.2. The molecule has 51 heavy (non-hydrogen) atoms. The smallest absolute Gasteiger partial charge is 0.410 e. The van der Waals surface area contributed by atoms with Crippen molar-refractivity contribution in [2.24, 2.45) is 5.92 Å². The molecule has 1 aromatic rings. The van der Waals surface area contributed by atoms with Crippen molar-refractivity contribution in [3.05, 3.63) is 47.3 Å². The van der Waals surface area contributed by atoms with Crippen LogP contribution < -0.4 is 15.4 Å². The fourth-order valence-electron chi connectivity index (χ4n) is 7.21. The van der Waals surface area contributed by atoms with Crippen LogP contribution in [0.5, 0.6) is 0 Å². The van der Waals surface area contributed by atoms with E-state index in [1.165, 1.54) is 29.7 Å². The average Bonchev–Trinajstić information content (AvgIpc) is 3.93. The predicted molar refractivity (Wildman–Crippen MR) is 180 cm³/mol. The lowest BCUT2D eigenvalue weighted by Gasteiger charge is -2.30. The summed E-state index contributed by atoms with van der Waals surface area (Å²) in [6.07, 6.45) is 5.55. The number of amides is 5. The molecule has 16 heteroatoms. The number of halogens is 1. The fourth-order valence-corrected chi connectivity index (χ4v) is 8.58. The number of benzene rings is 1. The highest BCUT2D eigenvalue weighted by molar-refractivity contribution is 7.91. The van der Waals surface area contributed by atoms with Crippen molar-refractivity contribution >= 4 is 39.7 Å². The van der Waals surface area contributed by atoms with E-state index in [-0.39, 0.29) is 45.3 Å². The molecular weight excluding hydrogens is 685 g/mol. The molecule has 0 aromatic heterocycles. The maximum Gasteiger partial charge on any atom is 0.410 e. The van der Waals surface area contributed by atoms with Gasteiger partial charge >= 0.3 is 6.09 Å². The molecule has 2 saturated carbocycles. The lowest BCUT2D eigenvalue weighted by Crippen LogP contribution is -2.58. The molecule has 3 aliphatic heterocycles. The number of nitrogens with zero attached hydrogens (tertiary/aromatic N) is 2. The van der Waals surface area contributed by atoms with Crippen LogP contribution in [0.15, 0.2) is 30.4 Å². The number of rotatable bonds is 7. The molecule has 3 fully saturated rings. The Morgan fingerprint density at radius 2 is 1.88 bits per heavy atom. The number of fused-ring (bicyclic) bond motifs is 3. The maximum absolute atomic E-state index is 14.4. The maximum atomic E-state index is 14.4. The van der Waals surface area contributed by atoms with Crippen LogP contribution in [-0.2, 0) is 47.0 Å². The van der Waals surface area contributed by atoms with Gasteiger partial charge in [0.05, 0.1) is 30.4 Å². The van der Waals surface area contributed by atoms with Crippen LogP contribution in [0.1, 0.15) is 89.2 Å². The van der Waals surface area contributed by atoms with Gasteiger partial charge in [0.2, 0.25) is 27.7 Å². The first-order chi connectivity index (χ1) is 24.1. The molecule has 5 aliphatic rings. The molecule has 278 valence electrons. The lowest BCUT2D eigenvalue weighted by molar-refractivity contribution is -0.143. The van der Waals surface area contributed by atoms with Crippen molar-refractivity contribution in [1.29, 1.82) is 0 Å². The highest BCUT2D eigenvalue weighted by Gasteiger charge is 2.62. The quantitative estimate of drug-likeness (QED) is 0.304. The van der Waals surface area contributed by atoms with E-state index in [1.54, 1.807) is 12.1 Å². The summed E-state index contributed by atoms with van der Waals surface area (Å²) >= 11 is 0.